The number of nitrogens with one attached hydrogen (secondary N) is 2. The van der Waals surface area contributed by atoms with Crippen molar-refractivity contribution in [3.05, 3.63) is 35.4 Å². The minimum absolute atomic E-state index is 0.0206. The molecule has 1 aromatic carbocycles. The number of aliphatic carboxylic acids is 1. The van der Waals surface area contributed by atoms with Gasteiger partial charge in [-0.2, -0.15) is 0 Å². The maximum absolute atomic E-state index is 12.4. The average Bonchev–Trinajstić information content (AvgIpc) is 2.46. The van der Waals surface area contributed by atoms with Crippen LogP contribution in [-0.4, -0.2) is 29.6 Å². The van der Waals surface area contributed by atoms with E-state index in [4.69, 9.17) is 5.11 Å². The molecule has 5 nitrogen and oxygen atoms in total. The molecule has 1 aromatic rings. The second kappa shape index (κ2) is 7.22. The Morgan fingerprint density at radius 1 is 1.43 bits per heavy atom. The lowest BCUT2D eigenvalue weighted by Gasteiger charge is -2.27. The lowest BCUT2D eigenvalue weighted by Crippen LogP contribution is -2.44. The molecule has 21 heavy (non-hydrogen) atoms. The molecule has 5 heteroatoms. The highest BCUT2D eigenvalue weighted by Gasteiger charge is 2.26. The maximum Gasteiger partial charge on any atom is 0.303 e. The number of hydrogen-bond donors (Lipinski definition) is 3. The summed E-state index contributed by atoms with van der Waals surface area (Å²) in [5.74, 6) is -0.832. The van der Waals surface area contributed by atoms with E-state index in [1.807, 2.05) is 25.1 Å². The second-order valence-corrected chi connectivity index (χ2v) is 5.53. The molecule has 114 valence electrons. The molecule has 1 amide bonds. The van der Waals surface area contributed by atoms with Crippen molar-refractivity contribution in [3.8, 4) is 0 Å². The van der Waals surface area contributed by atoms with Crippen molar-refractivity contribution in [1.82, 2.24) is 10.6 Å². The van der Waals surface area contributed by atoms with Crippen LogP contribution in [0.5, 0.6) is 0 Å². The molecule has 0 bridgehead atoms. The first-order chi connectivity index (χ1) is 10.1. The molecule has 2 atom stereocenters. The summed E-state index contributed by atoms with van der Waals surface area (Å²) in [6, 6.07) is 7.66. The van der Waals surface area contributed by atoms with Crippen molar-refractivity contribution < 1.29 is 14.7 Å². The molecule has 0 aromatic heterocycles. The van der Waals surface area contributed by atoms with Crippen molar-refractivity contribution in [2.75, 3.05) is 6.54 Å². The molecule has 2 unspecified atom stereocenters. The van der Waals surface area contributed by atoms with E-state index in [1.54, 1.807) is 0 Å². The van der Waals surface area contributed by atoms with Crippen LogP contribution in [0.15, 0.2) is 24.3 Å². The minimum Gasteiger partial charge on any atom is -0.481 e. The van der Waals surface area contributed by atoms with Gasteiger partial charge < -0.3 is 15.7 Å². The topological polar surface area (TPSA) is 78.4 Å². The molecule has 3 N–H and O–H groups in total. The van der Waals surface area contributed by atoms with Gasteiger partial charge in [-0.1, -0.05) is 24.3 Å². The minimum atomic E-state index is -0.795. The van der Waals surface area contributed by atoms with Crippen LogP contribution in [0.4, 0.5) is 0 Å². The highest BCUT2D eigenvalue weighted by atomic mass is 16.4. The van der Waals surface area contributed by atoms with Crippen molar-refractivity contribution in [1.29, 1.82) is 0 Å². The Labute approximate surface area is 124 Å². The van der Waals surface area contributed by atoms with Crippen molar-refractivity contribution in [2.24, 2.45) is 0 Å². The lowest BCUT2D eigenvalue weighted by molar-refractivity contribution is -0.137. The summed E-state index contributed by atoms with van der Waals surface area (Å²) >= 11 is 0. The number of carbonyl (C=O) groups is 2. The molecule has 2 rings (SSSR count). The molecular weight excluding hydrogens is 268 g/mol. The summed E-state index contributed by atoms with van der Waals surface area (Å²) in [4.78, 5) is 22.9. The molecule has 1 aliphatic heterocycles. The predicted molar refractivity (Wildman–Crippen MR) is 80.0 cm³/mol. The number of amides is 1. The van der Waals surface area contributed by atoms with Gasteiger partial charge in [-0.15, -0.1) is 0 Å². The van der Waals surface area contributed by atoms with E-state index in [1.165, 1.54) is 5.56 Å². The first kappa shape index (κ1) is 15.5. The normalized spacial score (nSPS) is 18.6. The van der Waals surface area contributed by atoms with Crippen molar-refractivity contribution in [3.63, 3.8) is 0 Å². The summed E-state index contributed by atoms with van der Waals surface area (Å²) in [5.41, 5.74) is 2.26. The Hall–Kier alpha value is -1.88. The Balaban J connectivity index is 1.90. The second-order valence-electron chi connectivity index (χ2n) is 5.53. The number of rotatable bonds is 6. The molecular formula is C16H22N2O3. The zero-order valence-electron chi connectivity index (χ0n) is 12.3. The zero-order valence-corrected chi connectivity index (χ0v) is 12.3. The SMILES string of the molecule is CC(CCCC(=O)O)NC(=O)C1NCCc2ccccc21. The molecule has 0 spiro atoms. The third-order valence-corrected chi connectivity index (χ3v) is 3.79. The fraction of sp³-hybridized carbons (Fsp3) is 0.500. The van der Waals surface area contributed by atoms with Crippen LogP contribution in [-0.2, 0) is 16.0 Å². The standard InChI is InChI=1S/C16H22N2O3/c1-11(5-4-8-14(19)20)18-16(21)15-13-7-3-2-6-12(13)9-10-17-15/h2-3,6-7,11,15,17H,4-5,8-10H2,1H3,(H,18,21)(H,19,20). The summed E-state index contributed by atoms with van der Waals surface area (Å²) in [6.07, 6.45) is 2.33. The van der Waals surface area contributed by atoms with Gasteiger partial charge in [0, 0.05) is 19.0 Å². The van der Waals surface area contributed by atoms with Crippen LogP contribution in [0.3, 0.4) is 0 Å². The van der Waals surface area contributed by atoms with Gasteiger partial charge in [-0.25, -0.2) is 0 Å². The van der Waals surface area contributed by atoms with Crippen LogP contribution in [0.1, 0.15) is 43.4 Å². The van der Waals surface area contributed by atoms with E-state index in [-0.39, 0.29) is 24.4 Å². The van der Waals surface area contributed by atoms with E-state index in [2.05, 4.69) is 16.7 Å². The largest absolute Gasteiger partial charge is 0.481 e. The average molecular weight is 290 g/mol. The van der Waals surface area contributed by atoms with Crippen LogP contribution in [0.2, 0.25) is 0 Å². The molecule has 1 heterocycles. The number of fused-ring (bicyclic) bond motifs is 1. The molecule has 0 saturated heterocycles. The maximum atomic E-state index is 12.4. The van der Waals surface area contributed by atoms with Gasteiger partial charge in [0.1, 0.15) is 6.04 Å². The quantitative estimate of drug-likeness (QED) is 0.744. The third kappa shape index (κ3) is 4.29. The van der Waals surface area contributed by atoms with Gasteiger partial charge in [-0.3, -0.25) is 9.59 Å². The van der Waals surface area contributed by atoms with Crippen LogP contribution in [0, 0.1) is 0 Å². The summed E-state index contributed by atoms with van der Waals surface area (Å²) in [7, 11) is 0. The van der Waals surface area contributed by atoms with E-state index < -0.39 is 5.97 Å². The number of carboxylic acids is 1. The Bertz CT molecular complexity index is 516. The van der Waals surface area contributed by atoms with Gasteiger partial charge in [0.15, 0.2) is 0 Å². The van der Waals surface area contributed by atoms with Crippen LogP contribution in [0.25, 0.3) is 0 Å². The first-order valence-electron chi connectivity index (χ1n) is 7.41. The fourth-order valence-electron chi connectivity index (χ4n) is 2.70. The Morgan fingerprint density at radius 3 is 2.95 bits per heavy atom. The third-order valence-electron chi connectivity index (χ3n) is 3.79. The van der Waals surface area contributed by atoms with Crippen LogP contribution >= 0.6 is 0 Å². The Morgan fingerprint density at radius 2 is 2.19 bits per heavy atom. The molecule has 0 radical (unpaired) electrons. The van der Waals surface area contributed by atoms with Gasteiger partial charge in [0.05, 0.1) is 0 Å². The number of carbonyl (C=O) groups excluding carboxylic acids is 1. The lowest BCUT2D eigenvalue weighted by atomic mass is 9.93. The number of benzene rings is 1. The van der Waals surface area contributed by atoms with Crippen LogP contribution < -0.4 is 10.6 Å². The summed E-state index contributed by atoms with van der Waals surface area (Å²) in [5, 5.41) is 14.8. The molecule has 0 aliphatic carbocycles. The van der Waals surface area contributed by atoms with Crippen molar-refractivity contribution >= 4 is 11.9 Å². The van der Waals surface area contributed by atoms with Gasteiger partial charge in [-0.05, 0) is 37.3 Å². The summed E-state index contributed by atoms with van der Waals surface area (Å²) < 4.78 is 0. The Kier molecular flexibility index (Phi) is 5.33. The monoisotopic (exact) mass is 290 g/mol. The van der Waals surface area contributed by atoms with Crippen molar-refractivity contribution in [2.45, 2.75) is 44.7 Å². The smallest absolute Gasteiger partial charge is 0.303 e. The highest BCUT2D eigenvalue weighted by Crippen LogP contribution is 2.22. The van der Waals surface area contributed by atoms with E-state index >= 15 is 0 Å². The predicted octanol–water partition coefficient (Wildman–Crippen LogP) is 1.63. The molecule has 0 saturated carbocycles. The van der Waals surface area contributed by atoms with E-state index in [0.717, 1.165) is 18.5 Å². The van der Waals surface area contributed by atoms with E-state index in [0.29, 0.717) is 12.8 Å². The summed E-state index contributed by atoms with van der Waals surface area (Å²) in [6.45, 7) is 2.71. The fourth-order valence-corrected chi connectivity index (χ4v) is 2.70. The number of carboxylic acid groups (broad SMARTS) is 1. The van der Waals surface area contributed by atoms with Gasteiger partial charge >= 0.3 is 5.97 Å². The van der Waals surface area contributed by atoms with E-state index in [9.17, 15) is 9.59 Å². The zero-order chi connectivity index (χ0) is 15.2. The highest BCUT2D eigenvalue weighted by molar-refractivity contribution is 5.84. The molecule has 1 aliphatic rings. The molecule has 0 fully saturated rings. The first-order valence-corrected chi connectivity index (χ1v) is 7.41. The van der Waals surface area contributed by atoms with Gasteiger partial charge in [0.25, 0.3) is 0 Å². The number of hydrogen-bond acceptors (Lipinski definition) is 3. The van der Waals surface area contributed by atoms with Gasteiger partial charge in [0.2, 0.25) is 5.91 Å².